The second-order valence-corrected chi connectivity index (χ2v) is 5.37. The zero-order chi connectivity index (χ0) is 19.2. The molecule has 8 nitrogen and oxygen atoms in total. The van der Waals surface area contributed by atoms with Crippen LogP contribution in [-0.2, 0) is 6.54 Å². The number of nitrogens with zero attached hydrogens (tertiary/aromatic N) is 3. The Bertz CT molecular complexity index is 950. The molecular weight excluding hydrogens is 355 g/mol. The topological polar surface area (TPSA) is 99.4 Å². The highest BCUT2D eigenvalue weighted by Crippen LogP contribution is 2.37. The van der Waals surface area contributed by atoms with Crippen LogP contribution in [0.1, 0.15) is 5.56 Å². The quantitative estimate of drug-likeness (QED) is 0.497. The van der Waals surface area contributed by atoms with Crippen molar-refractivity contribution >= 4 is 11.5 Å². The van der Waals surface area contributed by atoms with Gasteiger partial charge in [-0.05, 0) is 29.8 Å². The number of halogens is 1. The fourth-order valence-electron chi connectivity index (χ4n) is 2.33. The lowest BCUT2D eigenvalue weighted by Crippen LogP contribution is -2.07. The number of rotatable bonds is 7. The van der Waals surface area contributed by atoms with Crippen LogP contribution < -0.4 is 14.8 Å². The summed E-state index contributed by atoms with van der Waals surface area (Å²) in [5.74, 6) is 0.0992. The minimum Gasteiger partial charge on any atom is -0.493 e. The van der Waals surface area contributed by atoms with Gasteiger partial charge < -0.3 is 14.8 Å². The number of nitro groups is 1. The van der Waals surface area contributed by atoms with Crippen LogP contribution in [0.2, 0.25) is 0 Å². The molecule has 27 heavy (non-hydrogen) atoms. The molecule has 0 atom stereocenters. The molecule has 1 aromatic heterocycles. The van der Waals surface area contributed by atoms with E-state index < -0.39 is 10.6 Å². The summed E-state index contributed by atoms with van der Waals surface area (Å²) < 4.78 is 23.8. The fraction of sp³-hybridized carbons (Fsp3) is 0.111. The van der Waals surface area contributed by atoms with E-state index in [1.54, 1.807) is 36.4 Å². The van der Waals surface area contributed by atoms with Gasteiger partial charge in [0.2, 0.25) is 5.82 Å². The number of hydrogen-bond donors (Lipinski definition) is 1. The number of benzene rings is 2. The molecule has 0 spiro atoms. The van der Waals surface area contributed by atoms with E-state index in [0.717, 1.165) is 11.9 Å². The van der Waals surface area contributed by atoms with Crippen molar-refractivity contribution in [2.75, 3.05) is 12.4 Å². The summed E-state index contributed by atoms with van der Waals surface area (Å²) in [6.07, 6.45) is 1.16. The maximum absolute atomic E-state index is 13.0. The molecule has 0 radical (unpaired) electrons. The molecule has 2 aromatic carbocycles. The second-order valence-electron chi connectivity index (χ2n) is 5.37. The minimum absolute atomic E-state index is 0.00998. The summed E-state index contributed by atoms with van der Waals surface area (Å²) in [6.45, 7) is 0.215. The molecule has 3 aromatic rings. The Kier molecular flexibility index (Phi) is 5.41. The standard InChI is InChI=1S/C18H15FN4O4/c1-26-14-4-2-3-5-15(14)27-18-16(23(24)25)17(21-11-22-18)20-10-12-6-8-13(19)9-7-12/h2-9,11H,10H2,1H3,(H,20,21,22). The molecule has 0 fully saturated rings. The van der Waals surface area contributed by atoms with Crippen molar-refractivity contribution in [3.05, 3.63) is 76.4 Å². The molecular formula is C18H15FN4O4. The van der Waals surface area contributed by atoms with E-state index in [4.69, 9.17) is 9.47 Å². The Morgan fingerprint density at radius 1 is 1.11 bits per heavy atom. The number of anilines is 1. The first-order chi connectivity index (χ1) is 13.1. The Morgan fingerprint density at radius 3 is 2.48 bits per heavy atom. The van der Waals surface area contributed by atoms with E-state index in [1.807, 2.05) is 0 Å². The van der Waals surface area contributed by atoms with Crippen molar-refractivity contribution in [2.45, 2.75) is 6.54 Å². The van der Waals surface area contributed by atoms with Gasteiger partial charge in [0.1, 0.15) is 12.1 Å². The number of ether oxygens (including phenoxy) is 2. The average molecular weight is 370 g/mol. The van der Waals surface area contributed by atoms with Gasteiger partial charge in [-0.25, -0.2) is 9.37 Å². The predicted molar refractivity (Wildman–Crippen MR) is 95.5 cm³/mol. The molecule has 138 valence electrons. The lowest BCUT2D eigenvalue weighted by molar-refractivity contribution is -0.385. The molecule has 0 unspecified atom stereocenters. The predicted octanol–water partition coefficient (Wildman–Crippen LogP) is 3.94. The van der Waals surface area contributed by atoms with Crippen LogP contribution in [0.4, 0.5) is 15.9 Å². The molecule has 9 heteroatoms. The van der Waals surface area contributed by atoms with Crippen LogP contribution in [0.15, 0.2) is 54.9 Å². The SMILES string of the molecule is COc1ccccc1Oc1ncnc(NCc2ccc(F)cc2)c1[N+](=O)[O-]. The largest absolute Gasteiger partial charge is 0.493 e. The lowest BCUT2D eigenvalue weighted by atomic mass is 10.2. The lowest BCUT2D eigenvalue weighted by Gasteiger charge is -2.11. The normalized spacial score (nSPS) is 10.3. The molecule has 0 aliphatic carbocycles. The van der Waals surface area contributed by atoms with E-state index >= 15 is 0 Å². The highest BCUT2D eigenvalue weighted by atomic mass is 19.1. The molecule has 1 N–H and O–H groups in total. The average Bonchev–Trinajstić information content (AvgIpc) is 2.68. The van der Waals surface area contributed by atoms with Gasteiger partial charge >= 0.3 is 11.6 Å². The monoisotopic (exact) mass is 370 g/mol. The maximum Gasteiger partial charge on any atom is 0.373 e. The third-order valence-corrected chi connectivity index (χ3v) is 3.62. The third-order valence-electron chi connectivity index (χ3n) is 3.62. The van der Waals surface area contributed by atoms with E-state index in [2.05, 4.69) is 15.3 Å². The van der Waals surface area contributed by atoms with E-state index in [1.165, 1.54) is 19.2 Å². The maximum atomic E-state index is 13.0. The Hall–Kier alpha value is -3.75. The Balaban J connectivity index is 1.88. The summed E-state index contributed by atoms with van der Waals surface area (Å²) in [6, 6.07) is 12.5. The van der Waals surface area contributed by atoms with Crippen LogP contribution in [0.25, 0.3) is 0 Å². The van der Waals surface area contributed by atoms with Crippen molar-refractivity contribution in [3.8, 4) is 17.4 Å². The molecule has 1 heterocycles. The van der Waals surface area contributed by atoms with Gasteiger partial charge in [0.15, 0.2) is 11.5 Å². The zero-order valence-electron chi connectivity index (χ0n) is 14.3. The van der Waals surface area contributed by atoms with Gasteiger partial charge in [-0.2, -0.15) is 4.98 Å². The van der Waals surface area contributed by atoms with Gasteiger partial charge in [-0.3, -0.25) is 10.1 Å². The van der Waals surface area contributed by atoms with Crippen molar-refractivity contribution in [2.24, 2.45) is 0 Å². The molecule has 0 amide bonds. The van der Waals surface area contributed by atoms with Crippen molar-refractivity contribution in [1.29, 1.82) is 0 Å². The molecule has 0 bridgehead atoms. The summed E-state index contributed by atoms with van der Waals surface area (Å²) in [4.78, 5) is 18.7. The number of para-hydroxylation sites is 2. The van der Waals surface area contributed by atoms with Crippen molar-refractivity contribution in [3.63, 3.8) is 0 Å². The highest BCUT2D eigenvalue weighted by Gasteiger charge is 2.25. The van der Waals surface area contributed by atoms with Crippen molar-refractivity contribution < 1.29 is 18.8 Å². The number of methoxy groups -OCH3 is 1. The highest BCUT2D eigenvalue weighted by molar-refractivity contribution is 5.62. The van der Waals surface area contributed by atoms with Crippen LogP contribution in [-0.4, -0.2) is 22.0 Å². The molecule has 0 saturated heterocycles. The van der Waals surface area contributed by atoms with Gasteiger partial charge in [-0.15, -0.1) is 0 Å². The second kappa shape index (κ2) is 8.09. The first-order valence-electron chi connectivity index (χ1n) is 7.87. The fourth-order valence-corrected chi connectivity index (χ4v) is 2.33. The molecule has 3 rings (SSSR count). The van der Waals surface area contributed by atoms with E-state index in [-0.39, 0.29) is 29.8 Å². The smallest absolute Gasteiger partial charge is 0.373 e. The van der Waals surface area contributed by atoms with Gasteiger partial charge in [-0.1, -0.05) is 24.3 Å². The van der Waals surface area contributed by atoms with Crippen LogP contribution in [0.5, 0.6) is 17.4 Å². The first-order valence-corrected chi connectivity index (χ1v) is 7.87. The zero-order valence-corrected chi connectivity index (χ0v) is 14.3. The van der Waals surface area contributed by atoms with Crippen LogP contribution in [0, 0.1) is 15.9 Å². The third kappa shape index (κ3) is 4.27. The van der Waals surface area contributed by atoms with E-state index in [0.29, 0.717) is 5.75 Å². The molecule has 0 aliphatic heterocycles. The Labute approximate surface area is 153 Å². The molecule has 0 saturated carbocycles. The number of aromatic nitrogens is 2. The minimum atomic E-state index is -0.627. The Morgan fingerprint density at radius 2 is 1.81 bits per heavy atom. The first kappa shape index (κ1) is 18.1. The number of hydrogen-bond acceptors (Lipinski definition) is 7. The van der Waals surface area contributed by atoms with Gasteiger partial charge in [0.05, 0.1) is 12.0 Å². The van der Waals surface area contributed by atoms with Crippen LogP contribution in [0.3, 0.4) is 0 Å². The van der Waals surface area contributed by atoms with Gasteiger partial charge in [0, 0.05) is 6.54 Å². The van der Waals surface area contributed by atoms with Crippen LogP contribution >= 0.6 is 0 Å². The summed E-state index contributed by atoms with van der Waals surface area (Å²) in [7, 11) is 1.46. The van der Waals surface area contributed by atoms with Crippen molar-refractivity contribution in [1.82, 2.24) is 9.97 Å². The molecule has 0 aliphatic rings. The summed E-state index contributed by atoms with van der Waals surface area (Å²) in [5, 5.41) is 14.4. The number of nitrogens with one attached hydrogen (secondary N) is 1. The summed E-state index contributed by atoms with van der Waals surface area (Å²) >= 11 is 0. The van der Waals surface area contributed by atoms with E-state index in [9.17, 15) is 14.5 Å². The summed E-state index contributed by atoms with van der Waals surface area (Å²) in [5.41, 5.74) is 0.321. The van der Waals surface area contributed by atoms with Gasteiger partial charge in [0.25, 0.3) is 0 Å².